The van der Waals surface area contributed by atoms with Gasteiger partial charge in [0.15, 0.2) is 0 Å². The van der Waals surface area contributed by atoms with Crippen LogP contribution in [0.4, 0.5) is 0 Å². The Balaban J connectivity index is 2.49. The molecule has 0 spiro atoms. The number of hydrogen-bond donors (Lipinski definition) is 0. The van der Waals surface area contributed by atoms with Crippen molar-refractivity contribution < 1.29 is 0 Å². The molecule has 2 rings (SSSR count). The largest absolute Gasteiger partial charge is 0.319 e. The van der Waals surface area contributed by atoms with Crippen molar-refractivity contribution in [1.82, 2.24) is 9.55 Å². The summed E-state index contributed by atoms with van der Waals surface area (Å²) < 4.78 is 2.05. The highest BCUT2D eigenvalue weighted by Gasteiger charge is 1.97. The number of nitrogens with zero attached hydrogens (tertiary/aromatic N) is 2. The van der Waals surface area contributed by atoms with Crippen LogP contribution in [-0.4, -0.2) is 9.55 Å². The number of fused-ring (bicyclic) bond motifs is 1. The second-order valence-corrected chi connectivity index (χ2v) is 2.79. The molecule has 13 heavy (non-hydrogen) atoms. The fraction of sp³-hybridized carbons (Fsp3) is 0.182. The van der Waals surface area contributed by atoms with Crippen LogP contribution in [0.15, 0.2) is 30.6 Å². The van der Waals surface area contributed by atoms with E-state index in [0.717, 1.165) is 17.6 Å². The van der Waals surface area contributed by atoms with Crippen LogP contribution in [0.3, 0.4) is 0 Å². The van der Waals surface area contributed by atoms with Gasteiger partial charge < -0.3 is 4.57 Å². The molecule has 2 heteroatoms. The molecule has 0 aliphatic rings. The lowest BCUT2D eigenvalue weighted by Crippen LogP contribution is -1.91. The molecule has 1 heterocycles. The van der Waals surface area contributed by atoms with Gasteiger partial charge in [0.05, 0.1) is 23.9 Å². The highest BCUT2D eigenvalue weighted by molar-refractivity contribution is 5.74. The van der Waals surface area contributed by atoms with Gasteiger partial charge in [-0.05, 0) is 19.1 Å². The van der Waals surface area contributed by atoms with Crippen LogP contribution >= 0.6 is 0 Å². The van der Waals surface area contributed by atoms with Gasteiger partial charge in [-0.2, -0.15) is 0 Å². The number of rotatable bonds is 1. The zero-order valence-electron chi connectivity index (χ0n) is 7.49. The molecule has 64 valence electrons. The minimum absolute atomic E-state index is 0.719. The van der Waals surface area contributed by atoms with Gasteiger partial charge in [0.2, 0.25) is 0 Å². The van der Waals surface area contributed by atoms with Crippen LogP contribution in [0.1, 0.15) is 6.92 Å². The minimum atomic E-state index is 0.719. The van der Waals surface area contributed by atoms with Crippen molar-refractivity contribution in [3.63, 3.8) is 0 Å². The second-order valence-electron chi connectivity index (χ2n) is 2.79. The topological polar surface area (TPSA) is 17.8 Å². The Bertz CT molecular complexity index is 471. The molecule has 0 radical (unpaired) electrons. The van der Waals surface area contributed by atoms with Crippen molar-refractivity contribution >= 4 is 11.0 Å². The Morgan fingerprint density at radius 1 is 1.38 bits per heavy atom. The number of benzene rings is 1. The molecular formula is C11H10N2. The first-order chi connectivity index (χ1) is 6.42. The summed E-state index contributed by atoms with van der Waals surface area (Å²) in [6, 6.07) is 8.07. The van der Waals surface area contributed by atoms with Gasteiger partial charge in [0.1, 0.15) is 0 Å². The van der Waals surface area contributed by atoms with E-state index in [9.17, 15) is 0 Å². The van der Waals surface area contributed by atoms with E-state index in [-0.39, 0.29) is 0 Å². The first kappa shape index (κ1) is 7.88. The summed E-state index contributed by atoms with van der Waals surface area (Å²) in [6.07, 6.45) is 1.83. The third-order valence-corrected chi connectivity index (χ3v) is 1.95. The molecule has 0 atom stereocenters. The van der Waals surface area contributed by atoms with Crippen LogP contribution < -0.4 is 0 Å². The van der Waals surface area contributed by atoms with Gasteiger partial charge >= 0.3 is 0 Å². The van der Waals surface area contributed by atoms with E-state index in [2.05, 4.69) is 22.9 Å². The van der Waals surface area contributed by atoms with Crippen molar-refractivity contribution in [3.8, 4) is 11.8 Å². The van der Waals surface area contributed by atoms with Crippen LogP contribution in [0.25, 0.3) is 11.0 Å². The van der Waals surface area contributed by atoms with Crippen LogP contribution in [0.2, 0.25) is 0 Å². The van der Waals surface area contributed by atoms with Gasteiger partial charge in [-0.15, -0.1) is 5.92 Å². The molecule has 0 saturated heterocycles. The van der Waals surface area contributed by atoms with Crippen LogP contribution in [-0.2, 0) is 6.54 Å². The predicted octanol–water partition coefficient (Wildman–Crippen LogP) is 2.06. The average molecular weight is 170 g/mol. The minimum Gasteiger partial charge on any atom is -0.319 e. The summed E-state index contributed by atoms with van der Waals surface area (Å²) in [5, 5.41) is 0. The lowest BCUT2D eigenvalue weighted by molar-refractivity contribution is 0.870. The molecule has 1 aromatic carbocycles. The van der Waals surface area contributed by atoms with Crippen LogP contribution in [0, 0.1) is 11.8 Å². The lowest BCUT2D eigenvalue weighted by atomic mass is 10.3. The third-order valence-electron chi connectivity index (χ3n) is 1.95. The summed E-state index contributed by atoms with van der Waals surface area (Å²) in [4.78, 5) is 4.27. The quantitative estimate of drug-likeness (QED) is 0.599. The molecule has 2 nitrogen and oxygen atoms in total. The van der Waals surface area contributed by atoms with Gasteiger partial charge in [0, 0.05) is 0 Å². The number of aromatic nitrogens is 2. The highest BCUT2D eigenvalue weighted by atomic mass is 15.0. The SMILES string of the molecule is CC#CCn1cnc2ccccc21. The van der Waals surface area contributed by atoms with E-state index < -0.39 is 0 Å². The van der Waals surface area contributed by atoms with E-state index in [1.807, 2.05) is 36.0 Å². The third kappa shape index (κ3) is 1.41. The van der Waals surface area contributed by atoms with Crippen molar-refractivity contribution in [3.05, 3.63) is 30.6 Å². The summed E-state index contributed by atoms with van der Waals surface area (Å²) in [7, 11) is 0. The van der Waals surface area contributed by atoms with E-state index in [1.54, 1.807) is 0 Å². The standard InChI is InChI=1S/C11H10N2/c1-2-3-8-13-9-12-10-6-4-5-7-11(10)13/h4-7,9H,8H2,1H3. The molecule has 0 aliphatic carbocycles. The van der Waals surface area contributed by atoms with E-state index in [0.29, 0.717) is 0 Å². The number of hydrogen-bond acceptors (Lipinski definition) is 1. The van der Waals surface area contributed by atoms with Crippen molar-refractivity contribution in [1.29, 1.82) is 0 Å². The van der Waals surface area contributed by atoms with E-state index >= 15 is 0 Å². The lowest BCUT2D eigenvalue weighted by Gasteiger charge is -1.95. The number of imidazole rings is 1. The van der Waals surface area contributed by atoms with Gasteiger partial charge in [-0.3, -0.25) is 0 Å². The van der Waals surface area contributed by atoms with Crippen LogP contribution in [0.5, 0.6) is 0 Å². The molecular weight excluding hydrogens is 160 g/mol. The Labute approximate surface area is 77.2 Å². The molecule has 0 aliphatic heterocycles. The molecule has 1 aromatic heterocycles. The normalized spacial score (nSPS) is 9.62. The smallest absolute Gasteiger partial charge is 0.0966 e. The van der Waals surface area contributed by atoms with E-state index in [1.165, 1.54) is 0 Å². The molecule has 0 bridgehead atoms. The zero-order valence-corrected chi connectivity index (χ0v) is 7.49. The summed E-state index contributed by atoms with van der Waals surface area (Å²) in [6.45, 7) is 2.57. The first-order valence-corrected chi connectivity index (χ1v) is 4.21. The van der Waals surface area contributed by atoms with Gasteiger partial charge in [0.25, 0.3) is 0 Å². The first-order valence-electron chi connectivity index (χ1n) is 4.21. The fourth-order valence-electron chi connectivity index (χ4n) is 1.30. The zero-order chi connectivity index (χ0) is 9.10. The average Bonchev–Trinajstić information content (AvgIpc) is 2.58. The summed E-state index contributed by atoms with van der Waals surface area (Å²) in [5.74, 6) is 5.89. The predicted molar refractivity (Wildman–Crippen MR) is 53.2 cm³/mol. The molecule has 0 fully saturated rings. The van der Waals surface area contributed by atoms with Crippen molar-refractivity contribution in [2.75, 3.05) is 0 Å². The maximum absolute atomic E-state index is 4.27. The Morgan fingerprint density at radius 2 is 2.23 bits per heavy atom. The molecule has 0 N–H and O–H groups in total. The maximum Gasteiger partial charge on any atom is 0.0966 e. The molecule has 0 unspecified atom stereocenters. The Hall–Kier alpha value is -1.75. The second kappa shape index (κ2) is 3.32. The monoisotopic (exact) mass is 170 g/mol. The fourth-order valence-corrected chi connectivity index (χ4v) is 1.30. The number of para-hydroxylation sites is 2. The maximum atomic E-state index is 4.27. The highest BCUT2D eigenvalue weighted by Crippen LogP contribution is 2.10. The van der Waals surface area contributed by atoms with Gasteiger partial charge in [-0.25, -0.2) is 4.98 Å². The molecule has 2 aromatic rings. The van der Waals surface area contributed by atoms with Crippen molar-refractivity contribution in [2.45, 2.75) is 13.5 Å². The Morgan fingerprint density at radius 3 is 3.08 bits per heavy atom. The van der Waals surface area contributed by atoms with E-state index in [4.69, 9.17) is 0 Å². The van der Waals surface area contributed by atoms with Gasteiger partial charge in [-0.1, -0.05) is 18.1 Å². The summed E-state index contributed by atoms with van der Waals surface area (Å²) in [5.41, 5.74) is 2.17. The molecule has 0 amide bonds. The molecule has 0 saturated carbocycles. The van der Waals surface area contributed by atoms with Crippen molar-refractivity contribution in [2.24, 2.45) is 0 Å². The summed E-state index contributed by atoms with van der Waals surface area (Å²) >= 11 is 0. The Kier molecular flexibility index (Phi) is 2.01.